The van der Waals surface area contributed by atoms with Gasteiger partial charge in [-0.2, -0.15) is 0 Å². The molecule has 1 amide bonds. The van der Waals surface area contributed by atoms with Gasteiger partial charge in [-0.1, -0.05) is 0 Å². The molecule has 0 radical (unpaired) electrons. The zero-order valence-electron chi connectivity index (χ0n) is 13.6. The maximum absolute atomic E-state index is 12.2. The largest absolute Gasteiger partial charge is 0.364 e. The molecule has 2 heterocycles. The number of carbonyl (C=O) groups excluding carboxylic acids is 1. The van der Waals surface area contributed by atoms with Gasteiger partial charge in [0.2, 0.25) is 5.91 Å². The predicted octanol–water partition coefficient (Wildman–Crippen LogP) is -0.365. The van der Waals surface area contributed by atoms with Crippen molar-refractivity contribution in [3.63, 3.8) is 0 Å². The van der Waals surface area contributed by atoms with Crippen molar-refractivity contribution in [3.05, 3.63) is 0 Å². The Balaban J connectivity index is 1.77. The zero-order valence-corrected chi connectivity index (χ0v) is 13.6. The van der Waals surface area contributed by atoms with Crippen LogP contribution in [-0.2, 0) is 9.53 Å². The second kappa shape index (κ2) is 7.05. The lowest BCUT2D eigenvalue weighted by atomic mass is 10.0. The van der Waals surface area contributed by atoms with Gasteiger partial charge in [0, 0.05) is 44.8 Å². The average molecular weight is 298 g/mol. The molecule has 2 saturated heterocycles. The lowest BCUT2D eigenvalue weighted by Gasteiger charge is -2.43. The monoisotopic (exact) mass is 298 g/mol. The third kappa shape index (κ3) is 4.39. The molecular formula is C15H30N4O2. The minimum atomic E-state index is -0.318. The highest BCUT2D eigenvalue weighted by Crippen LogP contribution is 2.20. The lowest BCUT2D eigenvalue weighted by Crippen LogP contribution is -2.58. The summed E-state index contributed by atoms with van der Waals surface area (Å²) in [6.07, 6.45) is 1.40. The van der Waals surface area contributed by atoms with E-state index in [1.54, 1.807) is 0 Å². The van der Waals surface area contributed by atoms with Crippen LogP contribution < -0.4 is 11.1 Å². The van der Waals surface area contributed by atoms with Crippen LogP contribution in [-0.4, -0.2) is 79.8 Å². The molecule has 0 bridgehead atoms. The van der Waals surface area contributed by atoms with E-state index in [1.807, 2.05) is 0 Å². The average Bonchev–Trinajstić information content (AvgIpc) is 2.94. The van der Waals surface area contributed by atoms with Gasteiger partial charge in [0.25, 0.3) is 0 Å². The SMILES string of the molecule is CN1CCN(C(C)(C)CNC(=O)C2CCC(CN)O2)CC1. The molecule has 0 aromatic carbocycles. The third-order valence-corrected chi connectivity index (χ3v) is 4.72. The normalized spacial score (nSPS) is 28.8. The van der Waals surface area contributed by atoms with Crippen molar-refractivity contribution in [2.24, 2.45) is 5.73 Å². The van der Waals surface area contributed by atoms with Crippen molar-refractivity contribution in [2.45, 2.75) is 44.4 Å². The smallest absolute Gasteiger partial charge is 0.249 e. The van der Waals surface area contributed by atoms with Crippen LogP contribution in [0.3, 0.4) is 0 Å². The fourth-order valence-corrected chi connectivity index (χ4v) is 3.01. The van der Waals surface area contributed by atoms with E-state index in [0.717, 1.165) is 39.0 Å². The lowest BCUT2D eigenvalue weighted by molar-refractivity contribution is -0.132. The van der Waals surface area contributed by atoms with Crippen molar-refractivity contribution in [1.82, 2.24) is 15.1 Å². The number of hydrogen-bond donors (Lipinski definition) is 2. The van der Waals surface area contributed by atoms with Gasteiger partial charge in [-0.25, -0.2) is 0 Å². The van der Waals surface area contributed by atoms with E-state index in [1.165, 1.54) is 0 Å². The molecule has 2 unspecified atom stereocenters. The summed E-state index contributed by atoms with van der Waals surface area (Å²) in [5, 5.41) is 3.06. The summed E-state index contributed by atoms with van der Waals surface area (Å²) in [4.78, 5) is 17.0. The molecule has 0 spiro atoms. The molecule has 2 aliphatic rings. The van der Waals surface area contributed by atoms with Gasteiger partial charge in [0.05, 0.1) is 6.10 Å². The van der Waals surface area contributed by atoms with Gasteiger partial charge in [-0.05, 0) is 33.7 Å². The Morgan fingerprint density at radius 2 is 1.95 bits per heavy atom. The molecule has 2 fully saturated rings. The number of ether oxygens (including phenoxy) is 1. The Kier molecular flexibility index (Phi) is 5.60. The molecule has 2 atom stereocenters. The minimum Gasteiger partial charge on any atom is -0.364 e. The molecule has 0 aliphatic carbocycles. The summed E-state index contributed by atoms with van der Waals surface area (Å²) >= 11 is 0. The maximum atomic E-state index is 12.2. The van der Waals surface area contributed by atoms with Crippen LogP contribution in [0.1, 0.15) is 26.7 Å². The first kappa shape index (κ1) is 16.7. The summed E-state index contributed by atoms with van der Waals surface area (Å²) in [7, 11) is 2.15. The summed E-state index contributed by atoms with van der Waals surface area (Å²) in [5.41, 5.74) is 5.56. The first-order chi connectivity index (χ1) is 9.92. The molecule has 3 N–H and O–H groups in total. The molecule has 21 heavy (non-hydrogen) atoms. The van der Waals surface area contributed by atoms with Crippen LogP contribution in [0.5, 0.6) is 0 Å². The molecule has 6 heteroatoms. The summed E-state index contributed by atoms with van der Waals surface area (Å²) < 4.78 is 5.64. The Labute approximate surface area is 128 Å². The number of hydrogen-bond acceptors (Lipinski definition) is 5. The van der Waals surface area contributed by atoms with Crippen LogP contribution in [0.4, 0.5) is 0 Å². The van der Waals surface area contributed by atoms with Crippen LogP contribution in [0.15, 0.2) is 0 Å². The fraction of sp³-hybridized carbons (Fsp3) is 0.933. The van der Waals surface area contributed by atoms with Gasteiger partial charge in [-0.15, -0.1) is 0 Å². The Morgan fingerprint density at radius 1 is 1.29 bits per heavy atom. The van der Waals surface area contributed by atoms with E-state index < -0.39 is 0 Å². The van der Waals surface area contributed by atoms with E-state index in [2.05, 4.69) is 36.0 Å². The molecule has 0 saturated carbocycles. The van der Waals surface area contributed by atoms with E-state index in [4.69, 9.17) is 10.5 Å². The molecule has 0 aromatic rings. The number of nitrogens with two attached hydrogens (primary N) is 1. The number of piperazine rings is 1. The van der Waals surface area contributed by atoms with Crippen molar-refractivity contribution >= 4 is 5.91 Å². The summed E-state index contributed by atoms with van der Waals surface area (Å²) in [6, 6.07) is 0. The third-order valence-electron chi connectivity index (χ3n) is 4.72. The molecule has 6 nitrogen and oxygen atoms in total. The topological polar surface area (TPSA) is 70.8 Å². The number of carbonyl (C=O) groups is 1. The van der Waals surface area contributed by atoms with Crippen molar-refractivity contribution in [2.75, 3.05) is 46.3 Å². The molecule has 2 rings (SSSR count). The highest BCUT2D eigenvalue weighted by molar-refractivity contribution is 5.81. The van der Waals surface area contributed by atoms with Gasteiger partial charge >= 0.3 is 0 Å². The highest BCUT2D eigenvalue weighted by atomic mass is 16.5. The van der Waals surface area contributed by atoms with Crippen LogP contribution in [0.2, 0.25) is 0 Å². The van der Waals surface area contributed by atoms with E-state index in [-0.39, 0.29) is 23.7 Å². The van der Waals surface area contributed by atoms with Crippen molar-refractivity contribution in [3.8, 4) is 0 Å². The standard InChI is InChI=1S/C15H30N4O2/c1-15(2,19-8-6-18(3)7-9-19)11-17-14(20)13-5-4-12(10-16)21-13/h12-13H,4-11,16H2,1-3H3,(H,17,20). The predicted molar refractivity (Wildman–Crippen MR) is 83.1 cm³/mol. The van der Waals surface area contributed by atoms with E-state index in [9.17, 15) is 4.79 Å². The quantitative estimate of drug-likeness (QED) is 0.725. The number of rotatable bonds is 5. The Hall–Kier alpha value is -0.690. The van der Waals surface area contributed by atoms with Crippen molar-refractivity contribution < 1.29 is 9.53 Å². The van der Waals surface area contributed by atoms with Crippen LogP contribution in [0.25, 0.3) is 0 Å². The Bertz CT molecular complexity index is 354. The van der Waals surface area contributed by atoms with Gasteiger partial charge in [0.15, 0.2) is 0 Å². The molecular weight excluding hydrogens is 268 g/mol. The number of nitrogens with zero attached hydrogens (tertiary/aromatic N) is 2. The van der Waals surface area contributed by atoms with Crippen LogP contribution in [0, 0.1) is 0 Å². The maximum Gasteiger partial charge on any atom is 0.249 e. The zero-order chi connectivity index (χ0) is 15.5. The minimum absolute atomic E-state index is 0.00755. The summed E-state index contributed by atoms with van der Waals surface area (Å²) in [6.45, 7) is 9.80. The highest BCUT2D eigenvalue weighted by Gasteiger charge is 2.33. The molecule has 2 aliphatic heterocycles. The van der Waals surface area contributed by atoms with E-state index in [0.29, 0.717) is 13.1 Å². The molecule has 122 valence electrons. The fourth-order valence-electron chi connectivity index (χ4n) is 3.01. The second-order valence-electron chi connectivity index (χ2n) is 6.88. The number of nitrogens with one attached hydrogen (secondary N) is 1. The number of amides is 1. The first-order valence-corrected chi connectivity index (χ1v) is 7.99. The summed E-state index contributed by atoms with van der Waals surface area (Å²) in [5.74, 6) is 0.00755. The number of likely N-dealkylation sites (N-methyl/N-ethyl adjacent to an activating group) is 1. The molecule has 0 aromatic heterocycles. The first-order valence-electron chi connectivity index (χ1n) is 7.99. The van der Waals surface area contributed by atoms with Crippen molar-refractivity contribution in [1.29, 1.82) is 0 Å². The van der Waals surface area contributed by atoms with Gasteiger partial charge in [0.1, 0.15) is 6.10 Å². The van der Waals surface area contributed by atoms with Crippen LogP contribution >= 0.6 is 0 Å². The second-order valence-corrected chi connectivity index (χ2v) is 6.88. The van der Waals surface area contributed by atoms with Gasteiger partial charge in [-0.3, -0.25) is 9.69 Å². The Morgan fingerprint density at radius 3 is 2.52 bits per heavy atom. The van der Waals surface area contributed by atoms with E-state index >= 15 is 0 Å². The van der Waals surface area contributed by atoms with Gasteiger partial charge < -0.3 is 20.7 Å².